The van der Waals surface area contributed by atoms with Crippen molar-refractivity contribution in [3.63, 3.8) is 0 Å². The standard InChI is InChI=1S/C14H26N2O/c1-3-12-7-4-5-9-14(12)15-16-10-6-8-13(16)11-17-2/h12-13H,3-11H2,1-2H3/b15-14-/t12-,13+/m1/s1. The fourth-order valence-electron chi connectivity index (χ4n) is 3.12. The Morgan fingerprint density at radius 1 is 1.29 bits per heavy atom. The Kier molecular flexibility index (Phi) is 4.84. The van der Waals surface area contributed by atoms with Gasteiger partial charge >= 0.3 is 0 Å². The maximum absolute atomic E-state index is 5.29. The van der Waals surface area contributed by atoms with Gasteiger partial charge in [-0.3, -0.25) is 5.01 Å². The van der Waals surface area contributed by atoms with Crippen LogP contribution in [0.2, 0.25) is 0 Å². The summed E-state index contributed by atoms with van der Waals surface area (Å²) in [6.07, 6.45) is 9.04. The minimum absolute atomic E-state index is 0.520. The van der Waals surface area contributed by atoms with Gasteiger partial charge in [0, 0.05) is 19.4 Å². The van der Waals surface area contributed by atoms with E-state index in [9.17, 15) is 0 Å². The van der Waals surface area contributed by atoms with Gasteiger partial charge in [-0.25, -0.2) is 0 Å². The predicted molar refractivity (Wildman–Crippen MR) is 71.3 cm³/mol. The summed E-state index contributed by atoms with van der Waals surface area (Å²) in [7, 11) is 1.79. The van der Waals surface area contributed by atoms with Crippen molar-refractivity contribution in [2.45, 2.75) is 57.9 Å². The molecule has 1 aliphatic carbocycles. The molecule has 2 aliphatic rings. The zero-order chi connectivity index (χ0) is 12.1. The van der Waals surface area contributed by atoms with E-state index in [4.69, 9.17) is 9.84 Å². The average molecular weight is 238 g/mol. The first kappa shape index (κ1) is 12.9. The number of methoxy groups -OCH3 is 1. The first-order chi connectivity index (χ1) is 8.35. The fraction of sp³-hybridized carbons (Fsp3) is 0.929. The average Bonchev–Trinajstić information content (AvgIpc) is 2.78. The van der Waals surface area contributed by atoms with Gasteiger partial charge in [0.25, 0.3) is 0 Å². The van der Waals surface area contributed by atoms with Crippen LogP contribution in [0.1, 0.15) is 51.9 Å². The summed E-state index contributed by atoms with van der Waals surface area (Å²) in [5.41, 5.74) is 1.46. The summed E-state index contributed by atoms with van der Waals surface area (Å²) < 4.78 is 5.29. The highest BCUT2D eigenvalue weighted by Crippen LogP contribution is 2.26. The maximum atomic E-state index is 5.29. The molecule has 0 radical (unpaired) electrons. The van der Waals surface area contributed by atoms with Crippen LogP contribution in [-0.4, -0.2) is 37.0 Å². The molecule has 0 bridgehead atoms. The summed E-state index contributed by atoms with van der Waals surface area (Å²) in [5, 5.41) is 7.26. The molecule has 0 amide bonds. The van der Waals surface area contributed by atoms with Crippen molar-refractivity contribution in [2.75, 3.05) is 20.3 Å². The Bertz CT molecular complexity index is 265. The van der Waals surface area contributed by atoms with E-state index >= 15 is 0 Å². The highest BCUT2D eigenvalue weighted by atomic mass is 16.5. The first-order valence-corrected chi connectivity index (χ1v) is 7.18. The van der Waals surface area contributed by atoms with Gasteiger partial charge in [-0.15, -0.1) is 0 Å². The zero-order valence-electron chi connectivity index (χ0n) is 11.3. The van der Waals surface area contributed by atoms with Crippen molar-refractivity contribution in [3.8, 4) is 0 Å². The molecule has 0 aromatic carbocycles. The normalized spacial score (nSPS) is 32.4. The van der Waals surface area contributed by atoms with Crippen LogP contribution in [0, 0.1) is 5.92 Å². The maximum Gasteiger partial charge on any atom is 0.0704 e. The van der Waals surface area contributed by atoms with Gasteiger partial charge < -0.3 is 4.74 Å². The molecule has 3 heteroatoms. The van der Waals surface area contributed by atoms with E-state index in [-0.39, 0.29) is 0 Å². The monoisotopic (exact) mass is 238 g/mol. The SMILES string of the molecule is CC[C@@H]1CCCC/C1=N/N1CCC[C@H]1COC. The lowest BCUT2D eigenvalue weighted by Gasteiger charge is -2.27. The predicted octanol–water partition coefficient (Wildman–Crippen LogP) is 3.05. The van der Waals surface area contributed by atoms with Crippen LogP contribution in [0.15, 0.2) is 5.10 Å². The number of nitrogens with zero attached hydrogens (tertiary/aromatic N) is 2. The largest absolute Gasteiger partial charge is 0.382 e. The van der Waals surface area contributed by atoms with Gasteiger partial charge in [-0.1, -0.05) is 13.3 Å². The van der Waals surface area contributed by atoms with Crippen LogP contribution >= 0.6 is 0 Å². The van der Waals surface area contributed by atoms with E-state index in [1.54, 1.807) is 7.11 Å². The number of ether oxygens (including phenoxy) is 1. The lowest BCUT2D eigenvalue weighted by Crippen LogP contribution is -2.31. The van der Waals surface area contributed by atoms with Gasteiger partial charge in [0.2, 0.25) is 0 Å². The Balaban J connectivity index is 2.00. The fourth-order valence-corrected chi connectivity index (χ4v) is 3.12. The van der Waals surface area contributed by atoms with Crippen molar-refractivity contribution in [1.29, 1.82) is 0 Å². The molecule has 1 heterocycles. The van der Waals surface area contributed by atoms with Gasteiger partial charge in [0.1, 0.15) is 0 Å². The second kappa shape index (κ2) is 6.39. The molecular formula is C14H26N2O. The number of hydrogen-bond acceptors (Lipinski definition) is 3. The molecule has 1 saturated carbocycles. The van der Waals surface area contributed by atoms with Crippen LogP contribution in [0.5, 0.6) is 0 Å². The minimum atomic E-state index is 0.520. The molecule has 0 aromatic rings. The van der Waals surface area contributed by atoms with E-state index in [1.165, 1.54) is 50.7 Å². The van der Waals surface area contributed by atoms with Crippen molar-refractivity contribution in [3.05, 3.63) is 0 Å². The topological polar surface area (TPSA) is 24.8 Å². The molecule has 17 heavy (non-hydrogen) atoms. The summed E-state index contributed by atoms with van der Waals surface area (Å²) in [6.45, 7) is 4.24. The lowest BCUT2D eigenvalue weighted by molar-refractivity contribution is 0.117. The molecule has 1 saturated heterocycles. The van der Waals surface area contributed by atoms with E-state index < -0.39 is 0 Å². The van der Waals surface area contributed by atoms with Gasteiger partial charge in [0.15, 0.2) is 0 Å². The molecule has 0 aromatic heterocycles. The van der Waals surface area contributed by atoms with Crippen molar-refractivity contribution in [2.24, 2.45) is 11.0 Å². The Hall–Kier alpha value is -0.570. The second-order valence-corrected chi connectivity index (χ2v) is 5.36. The molecule has 0 unspecified atom stereocenters. The third kappa shape index (κ3) is 3.21. The molecule has 0 N–H and O–H groups in total. The van der Waals surface area contributed by atoms with E-state index in [0.29, 0.717) is 6.04 Å². The van der Waals surface area contributed by atoms with Crippen LogP contribution in [-0.2, 0) is 4.74 Å². The smallest absolute Gasteiger partial charge is 0.0704 e. The van der Waals surface area contributed by atoms with Gasteiger partial charge in [-0.2, -0.15) is 5.10 Å². The Labute approximate surface area is 105 Å². The van der Waals surface area contributed by atoms with Gasteiger partial charge in [-0.05, 0) is 44.4 Å². The second-order valence-electron chi connectivity index (χ2n) is 5.36. The number of hydrazone groups is 1. The number of hydrogen-bond donors (Lipinski definition) is 0. The molecule has 2 fully saturated rings. The molecular weight excluding hydrogens is 212 g/mol. The Morgan fingerprint density at radius 3 is 2.94 bits per heavy atom. The third-order valence-electron chi connectivity index (χ3n) is 4.16. The van der Waals surface area contributed by atoms with Crippen LogP contribution < -0.4 is 0 Å². The van der Waals surface area contributed by atoms with Gasteiger partial charge in [0.05, 0.1) is 12.6 Å². The molecule has 1 aliphatic heterocycles. The van der Waals surface area contributed by atoms with Crippen molar-refractivity contribution in [1.82, 2.24) is 5.01 Å². The van der Waals surface area contributed by atoms with Crippen LogP contribution in [0.4, 0.5) is 0 Å². The highest BCUT2D eigenvalue weighted by Gasteiger charge is 2.26. The zero-order valence-corrected chi connectivity index (χ0v) is 11.3. The van der Waals surface area contributed by atoms with E-state index in [1.807, 2.05) is 0 Å². The molecule has 98 valence electrons. The van der Waals surface area contributed by atoms with Crippen LogP contribution in [0.3, 0.4) is 0 Å². The van der Waals surface area contributed by atoms with E-state index in [0.717, 1.165) is 19.1 Å². The van der Waals surface area contributed by atoms with Crippen molar-refractivity contribution >= 4 is 5.71 Å². The Morgan fingerprint density at radius 2 is 2.18 bits per heavy atom. The molecule has 0 spiro atoms. The van der Waals surface area contributed by atoms with E-state index in [2.05, 4.69) is 11.9 Å². The summed E-state index contributed by atoms with van der Waals surface area (Å²) in [4.78, 5) is 0. The summed E-state index contributed by atoms with van der Waals surface area (Å²) in [5.74, 6) is 0.743. The van der Waals surface area contributed by atoms with Crippen LogP contribution in [0.25, 0.3) is 0 Å². The summed E-state index contributed by atoms with van der Waals surface area (Å²) >= 11 is 0. The first-order valence-electron chi connectivity index (χ1n) is 7.18. The quantitative estimate of drug-likeness (QED) is 0.752. The molecule has 3 nitrogen and oxygen atoms in total. The summed E-state index contributed by atoms with van der Waals surface area (Å²) in [6, 6.07) is 0.520. The lowest BCUT2D eigenvalue weighted by atomic mass is 9.85. The third-order valence-corrected chi connectivity index (χ3v) is 4.16. The minimum Gasteiger partial charge on any atom is -0.382 e. The highest BCUT2D eigenvalue weighted by molar-refractivity contribution is 5.87. The number of rotatable bonds is 4. The molecule has 2 atom stereocenters. The van der Waals surface area contributed by atoms with Crippen molar-refractivity contribution < 1.29 is 4.74 Å². The molecule has 2 rings (SSSR count).